The molecule has 1 aliphatic heterocycles. The van der Waals surface area contributed by atoms with Crippen LogP contribution in [0, 0.1) is 10.1 Å². The fraction of sp³-hybridized carbons (Fsp3) is 0.0556. The van der Waals surface area contributed by atoms with Crippen molar-refractivity contribution in [1.29, 1.82) is 0 Å². The van der Waals surface area contributed by atoms with Crippen LogP contribution in [0.1, 0.15) is 17.2 Å². The van der Waals surface area contributed by atoms with E-state index in [4.69, 9.17) is 0 Å². The molecule has 2 aromatic heterocycles. The molecule has 0 aliphatic carbocycles. The summed E-state index contributed by atoms with van der Waals surface area (Å²) in [6, 6.07) is 14.8. The molecular weight excluding hydrogens is 376 g/mol. The number of rotatable bonds is 3. The van der Waals surface area contributed by atoms with E-state index in [-0.39, 0.29) is 17.3 Å². The van der Waals surface area contributed by atoms with Crippen molar-refractivity contribution in [2.45, 2.75) is 6.04 Å². The lowest BCUT2D eigenvalue weighted by Crippen LogP contribution is -2.29. The molecule has 0 bridgehead atoms. The number of hydrogen-bond acceptors (Lipinski definition) is 8. The number of anilines is 2. The molecule has 0 radical (unpaired) electrons. The highest BCUT2D eigenvalue weighted by atomic mass is 16.6. The van der Waals surface area contributed by atoms with E-state index in [2.05, 4.69) is 31.0 Å². The largest absolute Gasteiger partial charge is 0.318 e. The minimum atomic E-state index is -0.679. The second-order valence-corrected chi connectivity index (χ2v) is 6.38. The van der Waals surface area contributed by atoms with Gasteiger partial charge in [0.15, 0.2) is 0 Å². The molecule has 1 atom stereocenters. The van der Waals surface area contributed by atoms with Crippen molar-refractivity contribution in [2.75, 3.05) is 5.32 Å². The monoisotopic (exact) mass is 388 g/mol. The van der Waals surface area contributed by atoms with Crippen molar-refractivity contribution < 1.29 is 4.92 Å². The molecule has 2 aromatic carbocycles. The molecule has 0 fully saturated rings. The predicted octanol–water partition coefficient (Wildman–Crippen LogP) is 2.03. The van der Waals surface area contributed by atoms with Crippen LogP contribution in [0.15, 0.2) is 59.4 Å². The fourth-order valence-electron chi connectivity index (χ4n) is 3.47. The first-order valence-electron chi connectivity index (χ1n) is 8.60. The highest BCUT2D eigenvalue weighted by Crippen LogP contribution is 2.41. The number of nitro benzene ring substituents is 1. The van der Waals surface area contributed by atoms with Crippen LogP contribution < -0.4 is 10.9 Å². The second kappa shape index (κ2) is 6.34. The molecule has 4 aromatic rings. The summed E-state index contributed by atoms with van der Waals surface area (Å²) in [5.41, 5.74) is 2.11. The fourth-order valence-corrected chi connectivity index (χ4v) is 3.47. The Bertz CT molecular complexity index is 1300. The summed E-state index contributed by atoms with van der Waals surface area (Å²) >= 11 is 0. The normalized spacial score (nSPS) is 14.6. The van der Waals surface area contributed by atoms with E-state index in [0.29, 0.717) is 16.8 Å². The first kappa shape index (κ1) is 16.7. The minimum Gasteiger partial charge on any atom is -0.318 e. The maximum Gasteiger partial charge on any atom is 0.288 e. The Hall–Kier alpha value is -4.41. The van der Waals surface area contributed by atoms with Gasteiger partial charge in [-0.1, -0.05) is 47.6 Å². The van der Waals surface area contributed by atoms with Crippen LogP contribution in [0.25, 0.3) is 11.3 Å². The second-order valence-electron chi connectivity index (χ2n) is 6.38. The summed E-state index contributed by atoms with van der Waals surface area (Å²) in [4.78, 5) is 23.4. The maximum absolute atomic E-state index is 12.6. The average molecular weight is 388 g/mol. The Morgan fingerprint density at radius 2 is 1.93 bits per heavy atom. The Labute approximate surface area is 162 Å². The molecule has 0 amide bonds. The van der Waals surface area contributed by atoms with Gasteiger partial charge in [0.25, 0.3) is 11.2 Å². The zero-order valence-corrected chi connectivity index (χ0v) is 14.7. The van der Waals surface area contributed by atoms with E-state index < -0.39 is 16.5 Å². The Morgan fingerprint density at radius 1 is 1.10 bits per heavy atom. The van der Waals surface area contributed by atoms with E-state index in [0.717, 1.165) is 5.56 Å². The minimum absolute atomic E-state index is 0.0729. The smallest absolute Gasteiger partial charge is 0.288 e. The van der Waals surface area contributed by atoms with Gasteiger partial charge in [-0.25, -0.2) is 5.10 Å². The van der Waals surface area contributed by atoms with Crippen LogP contribution in [0.3, 0.4) is 0 Å². The number of nitro groups is 1. The van der Waals surface area contributed by atoms with Crippen LogP contribution in [-0.4, -0.2) is 35.3 Å². The third kappa shape index (κ3) is 2.64. The lowest BCUT2D eigenvalue weighted by atomic mass is 9.92. The molecule has 1 aliphatic rings. The molecule has 0 unspecified atom stereocenters. The van der Waals surface area contributed by atoms with Gasteiger partial charge in [0.2, 0.25) is 5.95 Å². The first-order valence-corrected chi connectivity index (χ1v) is 8.60. The summed E-state index contributed by atoms with van der Waals surface area (Å²) in [5, 5.41) is 32.6. The standard InChI is InChI=1S/C18H12N8O3/c27-17-15-13(14(20-21-17)10-5-2-1-3-6-10)16(25-18(19-15)22-23-24-25)11-7-4-8-12(9-11)26(28)29/h1-9,16H,(H,21,27)(H,19,22,24)/t16-/m0/s1. The third-order valence-corrected chi connectivity index (χ3v) is 4.71. The number of H-pyrrole nitrogens is 1. The summed E-state index contributed by atoms with van der Waals surface area (Å²) in [5.74, 6) is 0.254. The molecule has 2 N–H and O–H groups in total. The predicted molar refractivity (Wildman–Crippen MR) is 102 cm³/mol. The molecule has 5 rings (SSSR count). The van der Waals surface area contributed by atoms with E-state index in [1.807, 2.05) is 30.3 Å². The van der Waals surface area contributed by atoms with Gasteiger partial charge in [0.1, 0.15) is 11.7 Å². The lowest BCUT2D eigenvalue weighted by Gasteiger charge is -2.27. The average Bonchev–Trinajstić information content (AvgIpc) is 3.22. The molecular formula is C18H12N8O3. The van der Waals surface area contributed by atoms with E-state index >= 15 is 0 Å². The van der Waals surface area contributed by atoms with E-state index in [9.17, 15) is 14.9 Å². The van der Waals surface area contributed by atoms with Crippen LogP contribution in [0.5, 0.6) is 0 Å². The first-order chi connectivity index (χ1) is 14.1. The van der Waals surface area contributed by atoms with Gasteiger partial charge < -0.3 is 5.32 Å². The van der Waals surface area contributed by atoms with Crippen LogP contribution in [0.2, 0.25) is 0 Å². The zero-order valence-electron chi connectivity index (χ0n) is 14.7. The van der Waals surface area contributed by atoms with Gasteiger partial charge in [0, 0.05) is 23.3 Å². The number of nitrogens with zero attached hydrogens (tertiary/aromatic N) is 6. The SMILES string of the molecule is O=c1[nH]nc(-c2ccccc2)c2c1Nc1nnnn1[C@H]2c1cccc([N+](=O)[O-])c1. The van der Waals surface area contributed by atoms with Crippen molar-refractivity contribution in [3.05, 3.63) is 86.2 Å². The summed E-state index contributed by atoms with van der Waals surface area (Å²) in [7, 11) is 0. The van der Waals surface area contributed by atoms with Crippen LogP contribution in [-0.2, 0) is 0 Å². The van der Waals surface area contributed by atoms with Crippen molar-refractivity contribution in [3.8, 4) is 11.3 Å². The summed E-state index contributed by atoms with van der Waals surface area (Å²) in [6.07, 6.45) is 0. The molecule has 142 valence electrons. The topological polar surface area (TPSA) is 145 Å². The number of aromatic nitrogens is 6. The van der Waals surface area contributed by atoms with Crippen LogP contribution in [0.4, 0.5) is 17.3 Å². The van der Waals surface area contributed by atoms with Crippen molar-refractivity contribution in [1.82, 2.24) is 30.4 Å². The number of non-ortho nitro benzene ring substituents is 1. The molecule has 0 saturated carbocycles. The number of aromatic amines is 1. The Morgan fingerprint density at radius 3 is 2.72 bits per heavy atom. The Kier molecular flexibility index (Phi) is 3.66. The number of benzene rings is 2. The van der Waals surface area contributed by atoms with Gasteiger partial charge in [-0.05, 0) is 16.0 Å². The van der Waals surface area contributed by atoms with E-state index in [1.54, 1.807) is 12.1 Å². The third-order valence-electron chi connectivity index (χ3n) is 4.71. The Balaban J connectivity index is 1.82. The number of hydrogen-bond donors (Lipinski definition) is 2. The van der Waals surface area contributed by atoms with Gasteiger partial charge in [-0.2, -0.15) is 9.78 Å². The molecule has 11 nitrogen and oxygen atoms in total. The maximum atomic E-state index is 12.6. The molecule has 0 spiro atoms. The molecule has 0 saturated heterocycles. The molecule has 11 heteroatoms. The van der Waals surface area contributed by atoms with Crippen molar-refractivity contribution in [2.24, 2.45) is 0 Å². The number of fused-ring (bicyclic) bond motifs is 2. The number of nitrogens with one attached hydrogen (secondary N) is 2. The van der Waals surface area contributed by atoms with Gasteiger partial charge >= 0.3 is 0 Å². The van der Waals surface area contributed by atoms with Crippen LogP contribution >= 0.6 is 0 Å². The quantitative estimate of drug-likeness (QED) is 0.353. The highest BCUT2D eigenvalue weighted by Gasteiger charge is 2.34. The molecule has 29 heavy (non-hydrogen) atoms. The highest BCUT2D eigenvalue weighted by molar-refractivity contribution is 5.75. The van der Waals surface area contributed by atoms with Gasteiger partial charge in [0.05, 0.1) is 10.6 Å². The summed E-state index contributed by atoms with van der Waals surface area (Å²) < 4.78 is 1.48. The summed E-state index contributed by atoms with van der Waals surface area (Å²) in [6.45, 7) is 0. The van der Waals surface area contributed by atoms with Gasteiger partial charge in [-0.15, -0.1) is 0 Å². The van der Waals surface area contributed by atoms with E-state index in [1.165, 1.54) is 16.8 Å². The lowest BCUT2D eigenvalue weighted by molar-refractivity contribution is -0.384. The molecule has 3 heterocycles. The van der Waals surface area contributed by atoms with Crippen molar-refractivity contribution >= 4 is 17.3 Å². The zero-order chi connectivity index (χ0) is 20.0. The van der Waals surface area contributed by atoms with Crippen molar-refractivity contribution in [3.63, 3.8) is 0 Å². The van der Waals surface area contributed by atoms with Gasteiger partial charge in [-0.3, -0.25) is 14.9 Å². The number of tetrazole rings is 1.